The molecule has 12 heteroatoms. The van der Waals surface area contributed by atoms with E-state index >= 15 is 0 Å². The predicted molar refractivity (Wildman–Crippen MR) is 79.3 cm³/mol. The van der Waals surface area contributed by atoms with Crippen molar-refractivity contribution in [1.29, 1.82) is 0 Å². The molecular weight excluding hydrogens is 361 g/mol. The van der Waals surface area contributed by atoms with Gasteiger partial charge in [-0.25, -0.2) is 0 Å². The second-order valence-corrected chi connectivity index (χ2v) is 11.0. The van der Waals surface area contributed by atoms with E-state index in [0.29, 0.717) is 19.8 Å². The van der Waals surface area contributed by atoms with E-state index in [2.05, 4.69) is 4.52 Å². The van der Waals surface area contributed by atoms with Crippen LogP contribution in [-0.2, 0) is 13.6 Å². The molecule has 1 aliphatic rings. The molecule has 18 heavy (non-hydrogen) atoms. The van der Waals surface area contributed by atoms with Crippen molar-refractivity contribution in [1.82, 2.24) is 7.92 Å². The molecule has 0 aliphatic carbocycles. The maximum Gasteiger partial charge on any atom is 0.317 e. The zero-order chi connectivity index (χ0) is 13.8. The molecule has 0 N–H and O–H groups in total. The van der Waals surface area contributed by atoms with Gasteiger partial charge >= 0.3 is 7.66 Å². The predicted octanol–water partition coefficient (Wildman–Crippen LogP) is 5.66. The van der Waals surface area contributed by atoms with Crippen LogP contribution in [-0.4, -0.2) is 27.7 Å². The van der Waals surface area contributed by atoms with Crippen molar-refractivity contribution in [3.05, 3.63) is 0 Å². The summed E-state index contributed by atoms with van der Waals surface area (Å²) in [4.78, 5) is 0. The molecule has 1 heterocycles. The van der Waals surface area contributed by atoms with Gasteiger partial charge in [0, 0.05) is 0 Å². The van der Waals surface area contributed by atoms with Crippen molar-refractivity contribution in [3.63, 3.8) is 0 Å². The van der Waals surface area contributed by atoms with Gasteiger partial charge in [0.05, 0.1) is 19.8 Å². The highest BCUT2D eigenvalue weighted by molar-refractivity contribution is 7.94. The molecule has 1 rings (SSSR count). The highest BCUT2D eigenvalue weighted by Gasteiger charge is 2.47. The third-order valence-electron chi connectivity index (χ3n) is 1.65. The third-order valence-corrected chi connectivity index (χ3v) is 12.1. The zero-order valence-corrected chi connectivity index (χ0v) is 15.1. The zero-order valence-electron chi connectivity index (χ0n) is 10.2. The molecule has 1 aliphatic heterocycles. The standard InChI is InChI=1S/C6H15Cl3N3O3P3/c1-4-13-17-10-18(14-5-2,15-6-3)12(8)16(9)11(17)7/h4-6H2,1-3H3. The molecule has 0 aromatic heterocycles. The first-order valence-corrected chi connectivity index (χ1v) is 10.8. The first-order chi connectivity index (χ1) is 8.52. The van der Waals surface area contributed by atoms with Gasteiger partial charge in [-0.2, -0.15) is 4.52 Å². The van der Waals surface area contributed by atoms with Crippen LogP contribution in [0.25, 0.3) is 0 Å². The lowest BCUT2D eigenvalue weighted by atomic mass is 10.9. The summed E-state index contributed by atoms with van der Waals surface area (Å²) >= 11 is 18.4. The Kier molecular flexibility index (Phi) is 8.18. The Morgan fingerprint density at radius 3 is 2.11 bits per heavy atom. The van der Waals surface area contributed by atoms with E-state index in [1.165, 1.54) is 7.92 Å². The SMILES string of the molecule is CCOP1N=P(OCC)(OCC)N(Cl)P(Cl)N1Cl. The van der Waals surface area contributed by atoms with Crippen LogP contribution >= 0.6 is 58.5 Å². The first-order valence-electron chi connectivity index (χ1n) is 5.24. The number of nitrogens with zero attached hydrogens (tertiary/aromatic N) is 3. The van der Waals surface area contributed by atoms with Crippen LogP contribution in [0, 0.1) is 0 Å². The van der Waals surface area contributed by atoms with Crippen molar-refractivity contribution >= 4 is 58.5 Å². The molecule has 0 aromatic rings. The van der Waals surface area contributed by atoms with Crippen LogP contribution in [0.4, 0.5) is 0 Å². The lowest BCUT2D eigenvalue weighted by Crippen LogP contribution is -2.17. The van der Waals surface area contributed by atoms with Crippen molar-refractivity contribution in [3.8, 4) is 0 Å². The summed E-state index contributed by atoms with van der Waals surface area (Å²) in [7, 11) is -5.68. The average molecular weight is 376 g/mol. The van der Waals surface area contributed by atoms with Crippen LogP contribution in [0.2, 0.25) is 0 Å². The summed E-state index contributed by atoms with van der Waals surface area (Å²) in [5.41, 5.74) is 0. The molecule has 0 amide bonds. The van der Waals surface area contributed by atoms with Gasteiger partial charge in [0.15, 0.2) is 7.58 Å². The van der Waals surface area contributed by atoms with Gasteiger partial charge < -0.3 is 13.6 Å². The maximum absolute atomic E-state index is 6.20. The summed E-state index contributed by atoms with van der Waals surface area (Å²) in [6, 6.07) is 0. The molecular formula is C6H15Cl3N3O3P3. The normalized spacial score (nSPS) is 29.2. The molecule has 2 unspecified atom stereocenters. The molecule has 0 fully saturated rings. The van der Waals surface area contributed by atoms with Gasteiger partial charge in [-0.3, -0.25) is 0 Å². The Hall–Kier alpha value is 1.76. The maximum atomic E-state index is 6.20. The minimum absolute atomic E-state index is 0.415. The minimum atomic E-state index is -2.76. The first kappa shape index (κ1) is 17.8. The van der Waals surface area contributed by atoms with E-state index < -0.39 is 23.7 Å². The van der Waals surface area contributed by atoms with E-state index in [9.17, 15) is 0 Å². The minimum Gasteiger partial charge on any atom is -0.325 e. The van der Waals surface area contributed by atoms with E-state index in [1.807, 2.05) is 20.8 Å². The fraction of sp³-hybridized carbons (Fsp3) is 1.00. The quantitative estimate of drug-likeness (QED) is 0.442. The van der Waals surface area contributed by atoms with Crippen LogP contribution in [0.15, 0.2) is 4.52 Å². The highest BCUT2D eigenvalue weighted by Crippen LogP contribution is 2.81. The molecule has 0 saturated carbocycles. The Morgan fingerprint density at radius 2 is 1.67 bits per heavy atom. The molecule has 2 atom stereocenters. The number of halogens is 3. The van der Waals surface area contributed by atoms with Gasteiger partial charge in [0.1, 0.15) is 0 Å². The molecule has 0 radical (unpaired) electrons. The van der Waals surface area contributed by atoms with Crippen LogP contribution in [0.3, 0.4) is 0 Å². The summed E-state index contributed by atoms with van der Waals surface area (Å²) in [5.74, 6) is 0. The van der Waals surface area contributed by atoms with Gasteiger partial charge in [-0.05, 0) is 44.3 Å². The summed E-state index contributed by atoms with van der Waals surface area (Å²) in [6.45, 7) is 6.84. The van der Waals surface area contributed by atoms with Gasteiger partial charge in [-0.15, -0.1) is 3.96 Å². The smallest absolute Gasteiger partial charge is 0.317 e. The van der Waals surface area contributed by atoms with Crippen LogP contribution in [0.5, 0.6) is 0 Å². The van der Waals surface area contributed by atoms with E-state index in [4.69, 9.17) is 48.4 Å². The summed E-state index contributed by atoms with van der Waals surface area (Å²) in [6.07, 6.45) is 0. The topological polar surface area (TPSA) is 46.5 Å². The number of hydrogen-bond donors (Lipinski definition) is 0. The lowest BCUT2D eigenvalue weighted by molar-refractivity contribution is 0.244. The second kappa shape index (κ2) is 8.26. The van der Waals surface area contributed by atoms with Crippen LogP contribution < -0.4 is 0 Å². The van der Waals surface area contributed by atoms with E-state index in [-0.39, 0.29) is 0 Å². The molecule has 108 valence electrons. The highest BCUT2D eigenvalue weighted by atomic mass is 35.7. The summed E-state index contributed by atoms with van der Waals surface area (Å²) in [5, 5.41) is 0. The average Bonchev–Trinajstić information content (AvgIpc) is 2.34. The lowest BCUT2D eigenvalue weighted by Gasteiger charge is -2.39. The van der Waals surface area contributed by atoms with Gasteiger partial charge in [0.25, 0.3) is 8.45 Å². The van der Waals surface area contributed by atoms with Crippen molar-refractivity contribution in [2.24, 2.45) is 4.52 Å². The molecule has 0 saturated heterocycles. The van der Waals surface area contributed by atoms with Crippen molar-refractivity contribution < 1.29 is 13.6 Å². The van der Waals surface area contributed by atoms with Crippen molar-refractivity contribution in [2.75, 3.05) is 19.8 Å². The van der Waals surface area contributed by atoms with E-state index in [1.54, 1.807) is 0 Å². The largest absolute Gasteiger partial charge is 0.325 e. The van der Waals surface area contributed by atoms with Crippen molar-refractivity contribution in [2.45, 2.75) is 20.8 Å². The molecule has 6 nitrogen and oxygen atoms in total. The summed E-state index contributed by atoms with van der Waals surface area (Å²) < 4.78 is 23.7. The Balaban J connectivity index is 3.12. The third kappa shape index (κ3) is 3.90. The number of hydrogen-bond acceptors (Lipinski definition) is 6. The van der Waals surface area contributed by atoms with Gasteiger partial charge in [-0.1, -0.05) is 15.2 Å². The van der Waals surface area contributed by atoms with Crippen LogP contribution in [0.1, 0.15) is 20.8 Å². The van der Waals surface area contributed by atoms with E-state index in [0.717, 1.165) is 0 Å². The monoisotopic (exact) mass is 375 g/mol. The molecule has 0 bridgehead atoms. The second-order valence-electron chi connectivity index (χ2n) is 2.81. The fourth-order valence-corrected chi connectivity index (χ4v) is 10.4. The Labute approximate surface area is 125 Å². The molecule has 0 spiro atoms. The Morgan fingerprint density at radius 1 is 1.11 bits per heavy atom. The molecule has 0 aromatic carbocycles. The Bertz CT molecular complexity index is 317. The fourth-order valence-electron chi connectivity index (χ4n) is 1.09. The number of rotatable bonds is 6. The van der Waals surface area contributed by atoms with Gasteiger partial charge in [0.2, 0.25) is 0 Å².